The molecule has 0 radical (unpaired) electrons. The van der Waals surface area contributed by atoms with Gasteiger partial charge in [-0.3, -0.25) is 4.79 Å². The molecule has 0 aliphatic carbocycles. The molecule has 0 saturated heterocycles. The lowest BCUT2D eigenvalue weighted by Gasteiger charge is -2.05. The summed E-state index contributed by atoms with van der Waals surface area (Å²) < 4.78 is 5.46. The number of carbonyl (C=O) groups excluding carboxylic acids is 1. The molecule has 0 saturated carbocycles. The quantitative estimate of drug-likeness (QED) is 0.636. The number of hydrogen-bond donors (Lipinski definition) is 2. The van der Waals surface area contributed by atoms with Crippen LogP contribution < -0.4 is 10.2 Å². The number of phenols is 1. The van der Waals surface area contributed by atoms with E-state index in [1.165, 1.54) is 6.21 Å². The lowest BCUT2D eigenvalue weighted by atomic mass is 10.2. The van der Waals surface area contributed by atoms with Crippen molar-refractivity contribution in [1.82, 2.24) is 5.43 Å². The molecule has 0 heterocycles. The van der Waals surface area contributed by atoms with Gasteiger partial charge in [0.2, 0.25) is 0 Å². The molecule has 0 atom stereocenters. The van der Waals surface area contributed by atoms with E-state index in [2.05, 4.69) is 10.5 Å². The van der Waals surface area contributed by atoms with Crippen LogP contribution in [0.1, 0.15) is 29.3 Å². The fourth-order valence-corrected chi connectivity index (χ4v) is 1.76. The molecule has 1 amide bonds. The molecule has 0 spiro atoms. The van der Waals surface area contributed by atoms with Gasteiger partial charge < -0.3 is 9.84 Å². The van der Waals surface area contributed by atoms with Crippen LogP contribution in [0.15, 0.2) is 53.6 Å². The third-order valence-electron chi connectivity index (χ3n) is 2.84. The first-order chi connectivity index (χ1) is 10.7. The molecule has 2 N–H and O–H groups in total. The number of rotatable bonds is 6. The number of amides is 1. The number of benzene rings is 2. The van der Waals surface area contributed by atoms with Crippen molar-refractivity contribution in [3.05, 3.63) is 59.7 Å². The van der Waals surface area contributed by atoms with Gasteiger partial charge in [0.05, 0.1) is 12.8 Å². The average Bonchev–Trinajstić information content (AvgIpc) is 2.53. The molecule has 0 aliphatic rings. The predicted octanol–water partition coefficient (Wildman–Crippen LogP) is 2.94. The topological polar surface area (TPSA) is 70.9 Å². The van der Waals surface area contributed by atoms with Crippen molar-refractivity contribution in [1.29, 1.82) is 0 Å². The fourth-order valence-electron chi connectivity index (χ4n) is 1.76. The summed E-state index contributed by atoms with van der Waals surface area (Å²) in [6, 6.07) is 13.5. The van der Waals surface area contributed by atoms with Crippen LogP contribution >= 0.6 is 0 Å². The molecule has 5 nitrogen and oxygen atoms in total. The summed E-state index contributed by atoms with van der Waals surface area (Å²) in [5, 5.41) is 13.2. The van der Waals surface area contributed by atoms with Crippen LogP contribution in [-0.4, -0.2) is 23.8 Å². The standard InChI is InChI=1S/C17H18N2O3/c1-2-10-22-16-8-6-14(7-9-16)17(21)19-18-12-13-4-3-5-15(20)11-13/h3-9,11-12,20H,2,10H2,1H3,(H,19,21)/b18-12-. The van der Waals surface area contributed by atoms with E-state index in [-0.39, 0.29) is 11.7 Å². The lowest BCUT2D eigenvalue weighted by Crippen LogP contribution is -2.17. The SMILES string of the molecule is CCCOc1ccc(C(=O)N/N=C\c2cccc(O)c2)cc1. The van der Waals surface area contributed by atoms with Gasteiger partial charge in [0.15, 0.2) is 0 Å². The van der Waals surface area contributed by atoms with E-state index in [4.69, 9.17) is 4.74 Å². The zero-order valence-corrected chi connectivity index (χ0v) is 12.3. The number of nitrogens with one attached hydrogen (secondary N) is 1. The van der Waals surface area contributed by atoms with Crippen LogP contribution in [0.2, 0.25) is 0 Å². The maximum atomic E-state index is 11.9. The molecule has 2 aromatic rings. The second kappa shape index (κ2) is 7.83. The third kappa shape index (κ3) is 4.63. The first-order valence-corrected chi connectivity index (χ1v) is 7.04. The van der Waals surface area contributed by atoms with Gasteiger partial charge in [-0.25, -0.2) is 5.43 Å². The highest BCUT2D eigenvalue weighted by atomic mass is 16.5. The smallest absolute Gasteiger partial charge is 0.271 e. The largest absolute Gasteiger partial charge is 0.508 e. The van der Waals surface area contributed by atoms with Crippen LogP contribution in [-0.2, 0) is 0 Å². The van der Waals surface area contributed by atoms with Crippen LogP contribution in [0.25, 0.3) is 0 Å². The molecule has 0 bridgehead atoms. The van der Waals surface area contributed by atoms with Crippen molar-refractivity contribution in [3.8, 4) is 11.5 Å². The first kappa shape index (κ1) is 15.6. The maximum absolute atomic E-state index is 11.9. The van der Waals surface area contributed by atoms with E-state index in [1.807, 2.05) is 6.92 Å². The number of carbonyl (C=O) groups is 1. The monoisotopic (exact) mass is 298 g/mol. The fraction of sp³-hybridized carbons (Fsp3) is 0.176. The molecule has 114 valence electrons. The molecule has 22 heavy (non-hydrogen) atoms. The minimum atomic E-state index is -0.307. The van der Waals surface area contributed by atoms with Crippen LogP contribution in [0.3, 0.4) is 0 Å². The average molecular weight is 298 g/mol. The lowest BCUT2D eigenvalue weighted by molar-refractivity contribution is 0.0955. The Morgan fingerprint density at radius 1 is 1.27 bits per heavy atom. The van der Waals surface area contributed by atoms with Gasteiger partial charge in [-0.2, -0.15) is 5.10 Å². The Labute approximate surface area is 129 Å². The molecule has 0 aromatic heterocycles. The van der Waals surface area contributed by atoms with Crippen molar-refractivity contribution in [2.45, 2.75) is 13.3 Å². The van der Waals surface area contributed by atoms with Crippen molar-refractivity contribution in [3.63, 3.8) is 0 Å². The second-order valence-corrected chi connectivity index (χ2v) is 4.67. The minimum Gasteiger partial charge on any atom is -0.508 e. The number of hydrazone groups is 1. The molecule has 5 heteroatoms. The molecule has 0 fully saturated rings. The van der Waals surface area contributed by atoms with Gasteiger partial charge >= 0.3 is 0 Å². The molecule has 2 rings (SSSR count). The number of phenolic OH excluding ortho intramolecular Hbond substituents is 1. The van der Waals surface area contributed by atoms with E-state index >= 15 is 0 Å². The summed E-state index contributed by atoms with van der Waals surface area (Å²) in [5.74, 6) is 0.582. The van der Waals surface area contributed by atoms with Crippen molar-refractivity contribution in [2.24, 2.45) is 5.10 Å². The Morgan fingerprint density at radius 2 is 2.05 bits per heavy atom. The molecular formula is C17H18N2O3. The second-order valence-electron chi connectivity index (χ2n) is 4.67. The van der Waals surface area contributed by atoms with E-state index in [1.54, 1.807) is 48.5 Å². The zero-order chi connectivity index (χ0) is 15.8. The van der Waals surface area contributed by atoms with Gasteiger partial charge in [0.25, 0.3) is 5.91 Å². The third-order valence-corrected chi connectivity index (χ3v) is 2.84. The first-order valence-electron chi connectivity index (χ1n) is 7.04. The Morgan fingerprint density at radius 3 is 2.73 bits per heavy atom. The summed E-state index contributed by atoms with van der Waals surface area (Å²) in [6.45, 7) is 2.69. The highest BCUT2D eigenvalue weighted by Gasteiger charge is 2.04. The van der Waals surface area contributed by atoms with Gasteiger partial charge in [0.1, 0.15) is 11.5 Å². The highest BCUT2D eigenvalue weighted by Crippen LogP contribution is 2.12. The summed E-state index contributed by atoms with van der Waals surface area (Å²) >= 11 is 0. The van der Waals surface area contributed by atoms with Crippen LogP contribution in [0, 0.1) is 0 Å². The summed E-state index contributed by atoms with van der Waals surface area (Å²) in [7, 11) is 0. The van der Waals surface area contributed by atoms with E-state index < -0.39 is 0 Å². The van der Waals surface area contributed by atoms with Crippen molar-refractivity contribution < 1.29 is 14.6 Å². The van der Waals surface area contributed by atoms with Crippen molar-refractivity contribution >= 4 is 12.1 Å². The molecular weight excluding hydrogens is 280 g/mol. The number of ether oxygens (including phenoxy) is 1. The van der Waals surface area contributed by atoms with E-state index in [9.17, 15) is 9.90 Å². The maximum Gasteiger partial charge on any atom is 0.271 e. The highest BCUT2D eigenvalue weighted by molar-refractivity contribution is 5.95. The summed E-state index contributed by atoms with van der Waals surface area (Å²) in [5.41, 5.74) is 3.63. The normalized spacial score (nSPS) is 10.6. The Bertz CT molecular complexity index is 651. The minimum absolute atomic E-state index is 0.151. The van der Waals surface area contributed by atoms with Gasteiger partial charge in [-0.1, -0.05) is 19.1 Å². The number of aromatic hydroxyl groups is 1. The Hall–Kier alpha value is -2.82. The summed E-state index contributed by atoms with van der Waals surface area (Å²) in [4.78, 5) is 11.9. The van der Waals surface area contributed by atoms with E-state index in [0.29, 0.717) is 17.7 Å². The van der Waals surface area contributed by atoms with Gasteiger partial charge in [-0.15, -0.1) is 0 Å². The van der Waals surface area contributed by atoms with Gasteiger partial charge in [-0.05, 0) is 48.4 Å². The van der Waals surface area contributed by atoms with Crippen molar-refractivity contribution in [2.75, 3.05) is 6.61 Å². The van der Waals surface area contributed by atoms with Gasteiger partial charge in [0, 0.05) is 5.56 Å². The number of nitrogens with zero attached hydrogens (tertiary/aromatic N) is 1. The Kier molecular flexibility index (Phi) is 5.54. The molecule has 0 aliphatic heterocycles. The predicted molar refractivity (Wildman–Crippen MR) is 85.4 cm³/mol. The molecule has 2 aromatic carbocycles. The number of hydrogen-bond acceptors (Lipinski definition) is 4. The van der Waals surface area contributed by atoms with E-state index in [0.717, 1.165) is 12.2 Å². The van der Waals surface area contributed by atoms with Crippen LogP contribution in [0.5, 0.6) is 11.5 Å². The summed E-state index contributed by atoms with van der Waals surface area (Å²) in [6.07, 6.45) is 2.41. The Balaban J connectivity index is 1.91. The van der Waals surface area contributed by atoms with Crippen LogP contribution in [0.4, 0.5) is 0 Å². The molecule has 0 unspecified atom stereocenters. The zero-order valence-electron chi connectivity index (χ0n) is 12.3.